The van der Waals surface area contributed by atoms with Crippen molar-refractivity contribution in [1.29, 1.82) is 0 Å². The molecule has 1 saturated carbocycles. The van der Waals surface area contributed by atoms with Gasteiger partial charge in [-0.3, -0.25) is 0 Å². The lowest BCUT2D eigenvalue weighted by molar-refractivity contribution is -0.159. The second-order valence-corrected chi connectivity index (χ2v) is 8.18. The molecule has 30 heavy (non-hydrogen) atoms. The van der Waals surface area contributed by atoms with Crippen LogP contribution in [0.2, 0.25) is 0 Å². The van der Waals surface area contributed by atoms with Gasteiger partial charge in [-0.15, -0.1) is 0 Å². The Balaban J connectivity index is 1.25. The van der Waals surface area contributed by atoms with Crippen molar-refractivity contribution in [3.8, 4) is 11.6 Å². The Labute approximate surface area is 177 Å². The largest absolute Gasteiger partial charge is 0.490 e. The summed E-state index contributed by atoms with van der Waals surface area (Å²) in [6.07, 6.45) is 8.48. The van der Waals surface area contributed by atoms with Crippen LogP contribution in [-0.4, -0.2) is 41.5 Å². The van der Waals surface area contributed by atoms with Gasteiger partial charge in [0.1, 0.15) is 19.0 Å². The zero-order valence-electron chi connectivity index (χ0n) is 17.2. The van der Waals surface area contributed by atoms with E-state index in [1.807, 2.05) is 18.2 Å². The number of nitrogens with zero attached hydrogens (tertiary/aromatic N) is 1. The minimum Gasteiger partial charge on any atom is -0.490 e. The number of carboxylic acid groups (broad SMARTS) is 1. The zero-order valence-corrected chi connectivity index (χ0v) is 17.2. The third-order valence-electron chi connectivity index (χ3n) is 6.09. The van der Waals surface area contributed by atoms with Crippen LogP contribution in [0.15, 0.2) is 42.6 Å². The average molecular weight is 411 g/mol. The van der Waals surface area contributed by atoms with Crippen molar-refractivity contribution in [1.82, 2.24) is 4.98 Å². The van der Waals surface area contributed by atoms with Crippen LogP contribution in [0.25, 0.3) is 0 Å². The normalized spacial score (nSPS) is 21.6. The second kappa shape index (κ2) is 9.47. The molecule has 1 unspecified atom stereocenters. The van der Waals surface area contributed by atoms with Crippen molar-refractivity contribution in [2.24, 2.45) is 0 Å². The first-order valence-corrected chi connectivity index (χ1v) is 10.8. The maximum atomic E-state index is 11.7. The third-order valence-corrected chi connectivity index (χ3v) is 6.09. The van der Waals surface area contributed by atoms with Crippen LogP contribution in [0.5, 0.6) is 11.6 Å². The predicted octanol–water partition coefficient (Wildman–Crippen LogP) is 4.37. The van der Waals surface area contributed by atoms with E-state index < -0.39 is 11.6 Å². The fourth-order valence-corrected chi connectivity index (χ4v) is 4.45. The number of aliphatic carboxylic acids is 1. The van der Waals surface area contributed by atoms with E-state index in [1.165, 1.54) is 31.2 Å². The summed E-state index contributed by atoms with van der Waals surface area (Å²) in [5, 5.41) is 9.57. The molecule has 1 saturated heterocycles. The highest BCUT2D eigenvalue weighted by atomic mass is 16.5. The van der Waals surface area contributed by atoms with Crippen LogP contribution in [-0.2, 0) is 16.0 Å². The molecule has 1 aliphatic heterocycles. The first kappa shape index (κ1) is 20.7. The van der Waals surface area contributed by atoms with Gasteiger partial charge in [0.15, 0.2) is 5.60 Å². The molecular weight excluding hydrogens is 382 g/mol. The number of benzene rings is 1. The van der Waals surface area contributed by atoms with E-state index in [4.69, 9.17) is 14.2 Å². The van der Waals surface area contributed by atoms with E-state index >= 15 is 0 Å². The molecule has 1 aliphatic carbocycles. The van der Waals surface area contributed by atoms with Crippen molar-refractivity contribution < 1.29 is 24.1 Å². The van der Waals surface area contributed by atoms with E-state index in [2.05, 4.69) is 17.1 Å². The van der Waals surface area contributed by atoms with E-state index in [0.717, 1.165) is 17.7 Å². The summed E-state index contributed by atoms with van der Waals surface area (Å²) < 4.78 is 17.0. The van der Waals surface area contributed by atoms with Crippen LogP contribution in [0, 0.1) is 0 Å². The number of carbonyl (C=O) groups is 1. The van der Waals surface area contributed by atoms with Crippen LogP contribution in [0.3, 0.4) is 0 Å². The minimum atomic E-state index is -1.13. The van der Waals surface area contributed by atoms with Crippen molar-refractivity contribution in [2.45, 2.75) is 56.5 Å². The number of hydrogen-bond donors (Lipinski definition) is 1. The molecule has 2 aliphatic rings. The Hall–Kier alpha value is -2.60. The van der Waals surface area contributed by atoms with Gasteiger partial charge in [0.2, 0.25) is 5.88 Å². The summed E-state index contributed by atoms with van der Waals surface area (Å²) in [6.45, 7) is 1.26. The SMILES string of the molecule is O=C(O)C1(Cc2ccnc(OCCOc3ccc(C4CCCC4)cc3)c2)CCCO1. The number of ether oxygens (including phenoxy) is 3. The quantitative estimate of drug-likeness (QED) is 0.617. The van der Waals surface area contributed by atoms with Crippen molar-refractivity contribution in [3.05, 3.63) is 53.7 Å². The molecule has 2 heterocycles. The summed E-state index contributed by atoms with van der Waals surface area (Å²) >= 11 is 0. The van der Waals surface area contributed by atoms with Gasteiger partial charge in [-0.05, 0) is 60.9 Å². The summed E-state index contributed by atoms with van der Waals surface area (Å²) in [5.41, 5.74) is 1.11. The number of hydrogen-bond acceptors (Lipinski definition) is 5. The summed E-state index contributed by atoms with van der Waals surface area (Å²) in [5.74, 6) is 1.09. The topological polar surface area (TPSA) is 77.9 Å². The molecule has 1 atom stereocenters. The Morgan fingerprint density at radius 2 is 1.87 bits per heavy atom. The first-order valence-electron chi connectivity index (χ1n) is 10.8. The molecule has 1 aromatic heterocycles. The Morgan fingerprint density at radius 1 is 1.10 bits per heavy atom. The van der Waals surface area contributed by atoms with Gasteiger partial charge in [-0.25, -0.2) is 9.78 Å². The third kappa shape index (κ3) is 4.93. The molecule has 6 nitrogen and oxygen atoms in total. The molecule has 0 bridgehead atoms. The maximum Gasteiger partial charge on any atom is 0.336 e. The molecule has 160 valence electrons. The lowest BCUT2D eigenvalue weighted by Gasteiger charge is -2.23. The smallest absolute Gasteiger partial charge is 0.336 e. The van der Waals surface area contributed by atoms with E-state index in [-0.39, 0.29) is 0 Å². The van der Waals surface area contributed by atoms with Crippen LogP contribution in [0.4, 0.5) is 0 Å². The maximum absolute atomic E-state index is 11.7. The van der Waals surface area contributed by atoms with Gasteiger partial charge in [0, 0.05) is 25.3 Å². The van der Waals surface area contributed by atoms with Gasteiger partial charge in [-0.1, -0.05) is 25.0 Å². The molecule has 1 N–H and O–H groups in total. The minimum absolute atomic E-state index is 0.311. The zero-order chi connectivity index (χ0) is 20.8. The standard InChI is InChI=1S/C24H29NO5/c26-23(27)24(11-3-13-30-24)17-18-10-12-25-22(16-18)29-15-14-28-21-8-6-20(7-9-21)19-4-1-2-5-19/h6-10,12,16,19H,1-5,11,13-15,17H2,(H,26,27). The Morgan fingerprint density at radius 3 is 2.57 bits per heavy atom. The molecule has 0 radical (unpaired) electrons. The number of aromatic nitrogens is 1. The second-order valence-electron chi connectivity index (χ2n) is 8.18. The fraction of sp³-hybridized carbons (Fsp3) is 0.500. The van der Waals surface area contributed by atoms with Crippen molar-refractivity contribution in [3.63, 3.8) is 0 Å². The van der Waals surface area contributed by atoms with E-state index in [0.29, 0.717) is 44.5 Å². The molecule has 1 aromatic carbocycles. The van der Waals surface area contributed by atoms with Crippen molar-refractivity contribution >= 4 is 5.97 Å². The van der Waals surface area contributed by atoms with Crippen LogP contribution < -0.4 is 9.47 Å². The summed E-state index contributed by atoms with van der Waals surface area (Å²) in [7, 11) is 0. The van der Waals surface area contributed by atoms with Gasteiger partial charge >= 0.3 is 5.97 Å². The monoisotopic (exact) mass is 411 g/mol. The highest BCUT2D eigenvalue weighted by Gasteiger charge is 2.43. The molecule has 2 aromatic rings. The molecular formula is C24H29NO5. The Kier molecular flexibility index (Phi) is 6.53. The predicted molar refractivity (Wildman–Crippen MR) is 112 cm³/mol. The molecule has 6 heteroatoms. The van der Waals surface area contributed by atoms with Gasteiger partial charge in [0.05, 0.1) is 0 Å². The molecule has 4 rings (SSSR count). The van der Waals surface area contributed by atoms with Gasteiger partial charge < -0.3 is 19.3 Å². The average Bonchev–Trinajstić information content (AvgIpc) is 3.45. The first-order chi connectivity index (χ1) is 14.6. The number of rotatable bonds is 9. The van der Waals surface area contributed by atoms with E-state index in [1.54, 1.807) is 12.3 Å². The number of pyridine rings is 1. The van der Waals surface area contributed by atoms with Crippen LogP contribution in [0.1, 0.15) is 55.6 Å². The molecule has 0 spiro atoms. The highest BCUT2D eigenvalue weighted by Crippen LogP contribution is 2.34. The highest BCUT2D eigenvalue weighted by molar-refractivity contribution is 5.78. The molecule has 0 amide bonds. The Bertz CT molecular complexity index is 839. The van der Waals surface area contributed by atoms with Gasteiger partial charge in [-0.2, -0.15) is 0 Å². The lowest BCUT2D eigenvalue weighted by Crippen LogP contribution is -2.40. The van der Waals surface area contributed by atoms with Crippen LogP contribution >= 0.6 is 0 Å². The fourth-order valence-electron chi connectivity index (χ4n) is 4.45. The van der Waals surface area contributed by atoms with E-state index in [9.17, 15) is 9.90 Å². The van der Waals surface area contributed by atoms with Crippen molar-refractivity contribution in [2.75, 3.05) is 19.8 Å². The lowest BCUT2D eigenvalue weighted by atomic mass is 9.92. The molecule has 2 fully saturated rings. The van der Waals surface area contributed by atoms with Gasteiger partial charge in [0.25, 0.3) is 0 Å². The number of carboxylic acids is 1. The summed E-state index contributed by atoms with van der Waals surface area (Å²) in [4.78, 5) is 15.9. The summed E-state index contributed by atoms with van der Waals surface area (Å²) in [6, 6.07) is 12.0.